The monoisotopic (exact) mass is 297 g/mol. The number of halogens is 1. The van der Waals surface area contributed by atoms with E-state index in [4.69, 9.17) is 22.1 Å². The van der Waals surface area contributed by atoms with Gasteiger partial charge in [0.2, 0.25) is 0 Å². The van der Waals surface area contributed by atoms with E-state index in [-0.39, 0.29) is 12.1 Å². The van der Waals surface area contributed by atoms with E-state index in [0.717, 1.165) is 12.8 Å². The normalized spacial score (nSPS) is 15.9. The van der Waals surface area contributed by atoms with Crippen LogP contribution in [0.3, 0.4) is 0 Å². The van der Waals surface area contributed by atoms with E-state index < -0.39 is 0 Å². The van der Waals surface area contributed by atoms with Gasteiger partial charge in [0, 0.05) is 32.3 Å². The molecule has 2 amide bonds. The van der Waals surface area contributed by atoms with Crippen LogP contribution in [0.1, 0.15) is 12.8 Å². The van der Waals surface area contributed by atoms with Crippen LogP contribution in [0, 0.1) is 0 Å². The predicted molar refractivity (Wildman–Crippen MR) is 80.1 cm³/mol. The minimum absolute atomic E-state index is 0.157. The van der Waals surface area contributed by atoms with Crippen LogP contribution >= 0.6 is 11.6 Å². The quantitative estimate of drug-likeness (QED) is 0.896. The topological polar surface area (TPSA) is 67.6 Å². The number of benzene rings is 1. The first-order valence-electron chi connectivity index (χ1n) is 6.82. The van der Waals surface area contributed by atoms with Crippen LogP contribution in [-0.2, 0) is 4.74 Å². The van der Waals surface area contributed by atoms with Crippen molar-refractivity contribution in [2.24, 2.45) is 5.73 Å². The summed E-state index contributed by atoms with van der Waals surface area (Å²) < 4.78 is 5.33. The van der Waals surface area contributed by atoms with Gasteiger partial charge in [-0.2, -0.15) is 0 Å². The zero-order valence-corrected chi connectivity index (χ0v) is 12.1. The zero-order valence-electron chi connectivity index (χ0n) is 11.3. The van der Waals surface area contributed by atoms with Crippen LogP contribution < -0.4 is 11.1 Å². The van der Waals surface area contributed by atoms with Crippen molar-refractivity contribution in [3.8, 4) is 0 Å². The number of nitrogens with one attached hydrogen (secondary N) is 1. The summed E-state index contributed by atoms with van der Waals surface area (Å²) in [6.45, 7) is 2.34. The van der Waals surface area contributed by atoms with Crippen molar-refractivity contribution in [1.29, 1.82) is 0 Å². The van der Waals surface area contributed by atoms with Crippen LogP contribution in [0.5, 0.6) is 0 Å². The van der Waals surface area contributed by atoms with E-state index in [9.17, 15) is 4.79 Å². The summed E-state index contributed by atoms with van der Waals surface area (Å²) in [5.74, 6) is 0. The maximum absolute atomic E-state index is 12.4. The molecule has 1 aromatic rings. The van der Waals surface area contributed by atoms with Gasteiger partial charge in [-0.15, -0.1) is 0 Å². The largest absolute Gasteiger partial charge is 0.381 e. The third kappa shape index (κ3) is 3.85. The van der Waals surface area contributed by atoms with Gasteiger partial charge in [-0.25, -0.2) is 4.79 Å². The second kappa shape index (κ2) is 7.47. The molecular formula is C14H20ClN3O2. The number of anilines is 1. The number of urea groups is 1. The molecular weight excluding hydrogens is 278 g/mol. The number of nitrogens with zero attached hydrogens (tertiary/aromatic N) is 1. The average molecular weight is 298 g/mol. The molecule has 110 valence electrons. The third-order valence-corrected chi connectivity index (χ3v) is 3.71. The molecule has 0 atom stereocenters. The lowest BCUT2D eigenvalue weighted by Crippen LogP contribution is -2.47. The van der Waals surface area contributed by atoms with Crippen LogP contribution in [0.4, 0.5) is 10.5 Å². The molecule has 0 unspecified atom stereocenters. The van der Waals surface area contributed by atoms with E-state index in [0.29, 0.717) is 37.0 Å². The number of para-hydroxylation sites is 1. The summed E-state index contributed by atoms with van der Waals surface area (Å²) in [5.41, 5.74) is 6.24. The summed E-state index contributed by atoms with van der Waals surface area (Å²) in [4.78, 5) is 14.2. The molecule has 0 spiro atoms. The lowest BCUT2D eigenvalue weighted by Gasteiger charge is -2.34. The fraction of sp³-hybridized carbons (Fsp3) is 0.500. The van der Waals surface area contributed by atoms with Crippen LogP contribution in [0.25, 0.3) is 0 Å². The summed E-state index contributed by atoms with van der Waals surface area (Å²) in [5, 5.41) is 3.38. The van der Waals surface area contributed by atoms with E-state index in [1.165, 1.54) is 0 Å². The van der Waals surface area contributed by atoms with Crippen LogP contribution in [0.15, 0.2) is 24.3 Å². The molecule has 1 heterocycles. The number of ether oxygens (including phenoxy) is 1. The number of hydrogen-bond donors (Lipinski definition) is 2. The average Bonchev–Trinajstić information content (AvgIpc) is 2.48. The van der Waals surface area contributed by atoms with Crippen molar-refractivity contribution in [2.45, 2.75) is 18.9 Å². The second-order valence-electron chi connectivity index (χ2n) is 4.74. The highest BCUT2D eigenvalue weighted by Gasteiger charge is 2.25. The molecule has 6 heteroatoms. The molecule has 3 N–H and O–H groups in total. The Morgan fingerprint density at radius 3 is 2.75 bits per heavy atom. The van der Waals surface area contributed by atoms with Crippen molar-refractivity contribution in [3.63, 3.8) is 0 Å². The lowest BCUT2D eigenvalue weighted by atomic mass is 10.1. The smallest absolute Gasteiger partial charge is 0.322 e. The molecule has 20 heavy (non-hydrogen) atoms. The number of hydrogen-bond acceptors (Lipinski definition) is 3. The predicted octanol–water partition coefficient (Wildman–Crippen LogP) is 2.31. The van der Waals surface area contributed by atoms with Crippen molar-refractivity contribution in [1.82, 2.24) is 4.90 Å². The summed E-state index contributed by atoms with van der Waals surface area (Å²) in [6, 6.07) is 7.21. The summed E-state index contributed by atoms with van der Waals surface area (Å²) >= 11 is 6.06. The van der Waals surface area contributed by atoms with Gasteiger partial charge in [-0.05, 0) is 25.0 Å². The molecule has 0 aliphatic carbocycles. The number of carbonyl (C=O) groups is 1. The van der Waals surface area contributed by atoms with Gasteiger partial charge in [0.05, 0.1) is 10.7 Å². The molecule has 1 aliphatic rings. The Morgan fingerprint density at radius 2 is 2.10 bits per heavy atom. The van der Waals surface area contributed by atoms with Gasteiger partial charge in [0.15, 0.2) is 0 Å². The molecule has 1 saturated heterocycles. The molecule has 1 fully saturated rings. The fourth-order valence-corrected chi connectivity index (χ4v) is 2.52. The first-order valence-corrected chi connectivity index (χ1v) is 7.20. The summed E-state index contributed by atoms with van der Waals surface area (Å²) in [7, 11) is 0. The Kier molecular flexibility index (Phi) is 5.64. The van der Waals surface area contributed by atoms with Gasteiger partial charge >= 0.3 is 6.03 Å². The minimum Gasteiger partial charge on any atom is -0.381 e. The van der Waals surface area contributed by atoms with Gasteiger partial charge in [0.1, 0.15) is 0 Å². The second-order valence-corrected chi connectivity index (χ2v) is 5.14. The first kappa shape index (κ1) is 15.1. The van der Waals surface area contributed by atoms with E-state index in [2.05, 4.69) is 5.32 Å². The molecule has 5 nitrogen and oxygen atoms in total. The van der Waals surface area contributed by atoms with Gasteiger partial charge in [-0.1, -0.05) is 23.7 Å². The van der Waals surface area contributed by atoms with Crippen molar-refractivity contribution in [3.05, 3.63) is 29.3 Å². The number of nitrogens with two attached hydrogens (primary N) is 1. The Morgan fingerprint density at radius 1 is 1.40 bits per heavy atom. The Hall–Kier alpha value is -1.30. The number of carbonyl (C=O) groups excluding carboxylic acids is 1. The molecule has 2 rings (SSSR count). The van der Waals surface area contributed by atoms with Gasteiger partial charge in [0.25, 0.3) is 0 Å². The van der Waals surface area contributed by atoms with Crippen LogP contribution in [0.2, 0.25) is 5.02 Å². The zero-order chi connectivity index (χ0) is 14.4. The molecule has 1 aromatic carbocycles. The SMILES string of the molecule is NCCN(C(=O)Nc1ccccc1Cl)C1CCOCC1. The highest BCUT2D eigenvalue weighted by Crippen LogP contribution is 2.22. The Balaban J connectivity index is 2.04. The van der Waals surface area contributed by atoms with E-state index in [1.807, 2.05) is 12.1 Å². The van der Waals surface area contributed by atoms with E-state index in [1.54, 1.807) is 17.0 Å². The van der Waals surface area contributed by atoms with Gasteiger partial charge < -0.3 is 20.7 Å². The first-order chi connectivity index (χ1) is 9.72. The molecule has 0 radical (unpaired) electrons. The number of amides is 2. The standard InChI is InChI=1S/C14H20ClN3O2/c15-12-3-1-2-4-13(12)17-14(19)18(8-7-16)11-5-9-20-10-6-11/h1-4,11H,5-10,16H2,(H,17,19). The molecule has 0 bridgehead atoms. The fourth-order valence-electron chi connectivity index (χ4n) is 2.34. The van der Waals surface area contributed by atoms with Crippen molar-refractivity contribution >= 4 is 23.3 Å². The summed E-state index contributed by atoms with van der Waals surface area (Å²) in [6.07, 6.45) is 1.69. The minimum atomic E-state index is -0.157. The molecule has 0 aromatic heterocycles. The Labute approximate surface area is 124 Å². The van der Waals surface area contributed by atoms with Gasteiger partial charge in [-0.3, -0.25) is 0 Å². The highest BCUT2D eigenvalue weighted by molar-refractivity contribution is 6.33. The molecule has 0 saturated carbocycles. The lowest BCUT2D eigenvalue weighted by molar-refractivity contribution is 0.0488. The van der Waals surface area contributed by atoms with Crippen LogP contribution in [-0.4, -0.2) is 43.3 Å². The number of rotatable bonds is 4. The van der Waals surface area contributed by atoms with E-state index >= 15 is 0 Å². The molecule has 1 aliphatic heterocycles. The third-order valence-electron chi connectivity index (χ3n) is 3.38. The highest BCUT2D eigenvalue weighted by atomic mass is 35.5. The maximum atomic E-state index is 12.4. The van der Waals surface area contributed by atoms with Crippen molar-refractivity contribution < 1.29 is 9.53 Å². The Bertz CT molecular complexity index is 450. The maximum Gasteiger partial charge on any atom is 0.322 e. The van der Waals surface area contributed by atoms with Crippen molar-refractivity contribution in [2.75, 3.05) is 31.6 Å².